The van der Waals surface area contributed by atoms with Gasteiger partial charge in [0.2, 0.25) is 0 Å². The first kappa shape index (κ1) is 9.42. The first-order chi connectivity index (χ1) is 5.63. The van der Waals surface area contributed by atoms with Gasteiger partial charge < -0.3 is 9.66 Å². The molecule has 0 heterocycles. The number of phenols is 1. The molecular weight excluding hydrogens is 172 g/mol. The Morgan fingerprint density at radius 3 is 2.42 bits per heavy atom. The maximum atomic E-state index is 11.5. The Hall–Kier alpha value is -0.670. The Kier molecular flexibility index (Phi) is 3.00. The van der Waals surface area contributed by atoms with Crippen LogP contribution in [0.2, 0.25) is 0 Å². The van der Waals surface area contributed by atoms with Crippen molar-refractivity contribution in [2.75, 3.05) is 0 Å². The molecule has 0 fully saturated rings. The number of benzene rings is 1. The van der Waals surface area contributed by atoms with Crippen LogP contribution >= 0.6 is 0 Å². The van der Waals surface area contributed by atoms with Gasteiger partial charge in [-0.1, -0.05) is 12.1 Å². The lowest BCUT2D eigenvalue weighted by Crippen LogP contribution is -2.13. The lowest BCUT2D eigenvalue weighted by molar-refractivity contribution is 0.458. The highest BCUT2D eigenvalue weighted by Gasteiger charge is 2.18. The molecule has 0 aliphatic carbocycles. The average Bonchev–Trinajstić information content (AvgIpc) is 2.04. The standard InChI is InChI=1S/C9H12O2S/c1-7(2)12(11)9-6-4-3-5-8(9)10/h3-7,10H,1-2H3. The van der Waals surface area contributed by atoms with E-state index in [1.807, 2.05) is 13.8 Å². The maximum Gasteiger partial charge on any atom is 0.194 e. The molecule has 1 atom stereocenters. The Balaban J connectivity index is 2.94. The zero-order valence-electron chi connectivity index (χ0n) is 7.15. The first-order valence-electron chi connectivity index (χ1n) is 3.81. The molecule has 1 N–H and O–H groups in total. The minimum absolute atomic E-state index is 0.0401. The van der Waals surface area contributed by atoms with Crippen LogP contribution in [0.4, 0.5) is 0 Å². The molecule has 0 aliphatic heterocycles. The molecular formula is C9H12O2S. The van der Waals surface area contributed by atoms with Gasteiger partial charge in [0.1, 0.15) is 5.25 Å². The van der Waals surface area contributed by atoms with E-state index in [2.05, 4.69) is 0 Å². The summed E-state index contributed by atoms with van der Waals surface area (Å²) in [7, 11) is 0. The summed E-state index contributed by atoms with van der Waals surface area (Å²) in [5, 5.41) is 9.38. The van der Waals surface area contributed by atoms with Crippen LogP contribution < -0.4 is 0 Å². The molecule has 1 aromatic rings. The largest absolute Gasteiger partial charge is 0.611 e. The van der Waals surface area contributed by atoms with Crippen LogP contribution in [0, 0.1) is 0 Å². The van der Waals surface area contributed by atoms with Crippen LogP contribution in [0.3, 0.4) is 0 Å². The topological polar surface area (TPSA) is 43.3 Å². The number of rotatable bonds is 2. The normalized spacial score (nSPS) is 13.3. The molecule has 66 valence electrons. The summed E-state index contributed by atoms with van der Waals surface area (Å²) in [6.45, 7) is 3.73. The molecule has 0 amide bonds. The molecule has 0 aromatic heterocycles. The van der Waals surface area contributed by atoms with Crippen LogP contribution in [0.5, 0.6) is 5.75 Å². The van der Waals surface area contributed by atoms with E-state index in [0.29, 0.717) is 4.90 Å². The molecule has 1 unspecified atom stereocenters. The van der Waals surface area contributed by atoms with Gasteiger partial charge in [-0.25, -0.2) is 0 Å². The van der Waals surface area contributed by atoms with E-state index in [9.17, 15) is 9.66 Å². The predicted molar refractivity (Wildman–Crippen MR) is 49.7 cm³/mol. The Morgan fingerprint density at radius 2 is 1.92 bits per heavy atom. The molecule has 0 spiro atoms. The van der Waals surface area contributed by atoms with Gasteiger partial charge in [-0.2, -0.15) is 0 Å². The Bertz CT molecular complexity index is 260. The van der Waals surface area contributed by atoms with Crippen molar-refractivity contribution in [2.45, 2.75) is 24.0 Å². The van der Waals surface area contributed by atoms with Gasteiger partial charge in [-0.3, -0.25) is 0 Å². The van der Waals surface area contributed by atoms with Gasteiger partial charge in [-0.15, -0.1) is 0 Å². The van der Waals surface area contributed by atoms with Crippen molar-refractivity contribution in [3.63, 3.8) is 0 Å². The van der Waals surface area contributed by atoms with Crippen molar-refractivity contribution < 1.29 is 9.66 Å². The summed E-state index contributed by atoms with van der Waals surface area (Å²) < 4.78 is 11.5. The van der Waals surface area contributed by atoms with Crippen molar-refractivity contribution in [1.82, 2.24) is 0 Å². The molecule has 3 heteroatoms. The van der Waals surface area contributed by atoms with E-state index in [-0.39, 0.29) is 11.0 Å². The highest BCUT2D eigenvalue weighted by molar-refractivity contribution is 7.92. The first-order valence-corrected chi connectivity index (χ1v) is 5.03. The minimum Gasteiger partial charge on any atom is -0.611 e. The third-order valence-corrected chi connectivity index (χ3v) is 3.15. The van der Waals surface area contributed by atoms with Crippen LogP contribution in [0.1, 0.15) is 13.8 Å². The molecule has 0 aliphatic rings. The number of aromatic hydroxyl groups is 1. The summed E-state index contributed by atoms with van der Waals surface area (Å²) >= 11 is -1.10. The number of hydrogen-bond acceptors (Lipinski definition) is 2. The second-order valence-corrected chi connectivity index (χ2v) is 4.79. The van der Waals surface area contributed by atoms with E-state index in [1.165, 1.54) is 0 Å². The van der Waals surface area contributed by atoms with Gasteiger partial charge in [0.05, 0.1) is 0 Å². The van der Waals surface area contributed by atoms with E-state index in [1.54, 1.807) is 24.3 Å². The summed E-state index contributed by atoms with van der Waals surface area (Å²) in [4.78, 5) is 0.521. The second-order valence-electron chi connectivity index (χ2n) is 2.81. The molecule has 0 saturated heterocycles. The van der Waals surface area contributed by atoms with Crippen molar-refractivity contribution in [3.05, 3.63) is 24.3 Å². The molecule has 12 heavy (non-hydrogen) atoms. The molecule has 0 bridgehead atoms. The zero-order valence-corrected chi connectivity index (χ0v) is 7.97. The predicted octanol–water partition coefficient (Wildman–Crippen LogP) is 1.91. The highest BCUT2D eigenvalue weighted by atomic mass is 32.2. The highest BCUT2D eigenvalue weighted by Crippen LogP contribution is 2.24. The zero-order chi connectivity index (χ0) is 9.14. The summed E-state index contributed by atoms with van der Waals surface area (Å²) in [6.07, 6.45) is 0. The van der Waals surface area contributed by atoms with E-state index >= 15 is 0 Å². The number of phenolic OH excluding ortho intramolecular Hbond substituents is 1. The van der Waals surface area contributed by atoms with Crippen molar-refractivity contribution in [3.8, 4) is 5.75 Å². The molecule has 1 aromatic carbocycles. The van der Waals surface area contributed by atoms with E-state index in [0.717, 1.165) is 0 Å². The Labute approximate surface area is 75.4 Å². The van der Waals surface area contributed by atoms with E-state index < -0.39 is 11.2 Å². The second kappa shape index (κ2) is 3.83. The lowest BCUT2D eigenvalue weighted by atomic mass is 10.3. The molecule has 0 saturated carbocycles. The molecule has 2 nitrogen and oxygen atoms in total. The minimum atomic E-state index is -1.10. The third kappa shape index (κ3) is 1.93. The Morgan fingerprint density at radius 1 is 1.33 bits per heavy atom. The van der Waals surface area contributed by atoms with E-state index in [4.69, 9.17) is 0 Å². The quantitative estimate of drug-likeness (QED) is 0.713. The fourth-order valence-corrected chi connectivity index (χ4v) is 1.88. The van der Waals surface area contributed by atoms with Crippen LogP contribution in [0.25, 0.3) is 0 Å². The van der Waals surface area contributed by atoms with Gasteiger partial charge in [-0.05, 0) is 37.2 Å². The lowest BCUT2D eigenvalue weighted by Gasteiger charge is -2.14. The average molecular weight is 184 g/mol. The van der Waals surface area contributed by atoms with Gasteiger partial charge in [0.15, 0.2) is 10.6 Å². The molecule has 0 radical (unpaired) electrons. The van der Waals surface area contributed by atoms with Crippen LogP contribution in [-0.2, 0) is 11.2 Å². The fraction of sp³-hybridized carbons (Fsp3) is 0.333. The summed E-state index contributed by atoms with van der Waals surface area (Å²) in [5.74, 6) is 0.115. The third-order valence-electron chi connectivity index (χ3n) is 1.51. The maximum absolute atomic E-state index is 11.5. The van der Waals surface area contributed by atoms with Crippen molar-refractivity contribution >= 4 is 11.2 Å². The monoisotopic (exact) mass is 184 g/mol. The molecule has 1 rings (SSSR count). The van der Waals surface area contributed by atoms with Gasteiger partial charge in [0, 0.05) is 0 Å². The van der Waals surface area contributed by atoms with Crippen molar-refractivity contribution in [1.29, 1.82) is 0 Å². The fourth-order valence-electron chi connectivity index (χ4n) is 0.881. The number of para-hydroxylation sites is 1. The van der Waals surface area contributed by atoms with Gasteiger partial charge in [0.25, 0.3) is 0 Å². The smallest absolute Gasteiger partial charge is 0.194 e. The number of hydrogen-bond donors (Lipinski definition) is 1. The summed E-state index contributed by atoms with van der Waals surface area (Å²) in [6, 6.07) is 6.73. The SMILES string of the molecule is CC(C)[S+]([O-])c1ccccc1O. The van der Waals surface area contributed by atoms with Crippen LogP contribution in [-0.4, -0.2) is 14.9 Å². The van der Waals surface area contributed by atoms with Gasteiger partial charge >= 0.3 is 0 Å². The summed E-state index contributed by atoms with van der Waals surface area (Å²) in [5.41, 5.74) is 0. The van der Waals surface area contributed by atoms with Crippen molar-refractivity contribution in [2.24, 2.45) is 0 Å². The van der Waals surface area contributed by atoms with Crippen LogP contribution in [0.15, 0.2) is 29.2 Å².